The average Bonchev–Trinajstić information content (AvgIpc) is 3.99. The Bertz CT molecular complexity index is 2500. The van der Waals surface area contributed by atoms with Crippen molar-refractivity contribution in [1.29, 1.82) is 0 Å². The number of nitrogens with one attached hydrogen (secondary N) is 4. The number of nitrogens with zero attached hydrogens (tertiary/aromatic N) is 1. The second-order valence-corrected chi connectivity index (χ2v) is 24.5. The van der Waals surface area contributed by atoms with E-state index in [9.17, 15) is 43.7 Å². The van der Waals surface area contributed by atoms with Gasteiger partial charge in [0.25, 0.3) is 5.91 Å². The number of ether oxygens (including phenoxy) is 1. The van der Waals surface area contributed by atoms with Gasteiger partial charge in [0, 0.05) is 17.7 Å². The SMILES string of the molecule is CC(C)[C@H](NC(=O)CC[C@@H](C)[C@H]1CCC2C3C(C[C@H](O)[C@@]21C)[C@@]1(C)CC[C@@H](O)CC1C[C@H]3O)C(=O)N[C@@H](CCCCN)C(=O)OC1CCC(C(=O)[C@H](Cc2ccc(F)cc2)NC(=O)c2cc3cc(Cl)ncc3[nH]2)CC1. The molecule has 5 aliphatic carbocycles. The predicted molar refractivity (Wildman–Crippen MR) is 283 cm³/mol. The summed E-state index contributed by atoms with van der Waals surface area (Å²) in [6.45, 7) is 10.8. The number of aromatic amines is 1. The van der Waals surface area contributed by atoms with Crippen LogP contribution in [0.15, 0.2) is 42.6 Å². The third-order valence-corrected chi connectivity index (χ3v) is 19.4. The van der Waals surface area contributed by atoms with E-state index in [-0.39, 0.29) is 94.7 Å². The Kier molecular flexibility index (Phi) is 18.2. The van der Waals surface area contributed by atoms with Crippen molar-refractivity contribution in [2.75, 3.05) is 6.54 Å². The lowest BCUT2D eigenvalue weighted by atomic mass is 9.43. The minimum Gasteiger partial charge on any atom is -0.461 e. The number of carbonyl (C=O) groups is 5. The first kappa shape index (κ1) is 56.7. The summed E-state index contributed by atoms with van der Waals surface area (Å²) in [4.78, 5) is 76.6. The third-order valence-electron chi connectivity index (χ3n) is 19.2. The molecule has 5 saturated carbocycles. The zero-order valence-corrected chi connectivity index (χ0v) is 45.3. The Labute approximate surface area is 446 Å². The summed E-state index contributed by atoms with van der Waals surface area (Å²) in [7, 11) is 0. The Morgan fingerprint density at radius 2 is 1.61 bits per heavy atom. The van der Waals surface area contributed by atoms with Crippen LogP contribution in [-0.4, -0.2) is 104 Å². The fourth-order valence-electron chi connectivity index (χ4n) is 14.9. The van der Waals surface area contributed by atoms with Crippen molar-refractivity contribution >= 4 is 52.0 Å². The molecular weight excluding hydrogens is 979 g/mol. The van der Waals surface area contributed by atoms with Gasteiger partial charge in [0.2, 0.25) is 11.8 Å². The summed E-state index contributed by atoms with van der Waals surface area (Å²) < 4.78 is 19.9. The number of Topliss-reactive ketones (excluding diaryl/α,β-unsaturated/α-hetero) is 1. The van der Waals surface area contributed by atoms with Gasteiger partial charge in [-0.25, -0.2) is 14.2 Å². The summed E-state index contributed by atoms with van der Waals surface area (Å²) in [6, 6.07) is 6.21. The highest BCUT2D eigenvalue weighted by molar-refractivity contribution is 6.30. The first-order valence-electron chi connectivity index (χ1n) is 28.0. The van der Waals surface area contributed by atoms with Gasteiger partial charge in [-0.3, -0.25) is 19.2 Å². The number of carbonyl (C=O) groups excluding carboxylic acids is 5. The van der Waals surface area contributed by atoms with E-state index in [1.165, 1.54) is 18.3 Å². The summed E-state index contributed by atoms with van der Waals surface area (Å²) in [6.07, 6.45) is 9.17. The zero-order valence-electron chi connectivity index (χ0n) is 44.5. The molecule has 75 heavy (non-hydrogen) atoms. The highest BCUT2D eigenvalue weighted by atomic mass is 35.5. The normalized spacial score (nSPS) is 32.0. The lowest BCUT2D eigenvalue weighted by Crippen LogP contribution is -2.62. The second kappa shape index (κ2) is 24.0. The van der Waals surface area contributed by atoms with Crippen LogP contribution in [0.2, 0.25) is 5.15 Å². The zero-order chi connectivity index (χ0) is 53.9. The van der Waals surface area contributed by atoms with Gasteiger partial charge in [0.05, 0.1) is 36.1 Å². The maximum atomic E-state index is 14.2. The number of esters is 1. The van der Waals surface area contributed by atoms with E-state index in [0.29, 0.717) is 87.2 Å². The molecule has 0 spiro atoms. The fraction of sp³-hybridized carbons (Fsp3) is 0.690. The Morgan fingerprint density at radius 3 is 2.32 bits per heavy atom. The van der Waals surface area contributed by atoms with Crippen molar-refractivity contribution in [2.24, 2.45) is 63.9 Å². The molecule has 0 saturated heterocycles. The van der Waals surface area contributed by atoms with Crippen LogP contribution in [0.5, 0.6) is 0 Å². The number of halogens is 2. The first-order chi connectivity index (χ1) is 35.7. The largest absolute Gasteiger partial charge is 0.461 e. The molecule has 14 atom stereocenters. The Hall–Kier alpha value is -4.48. The molecule has 0 bridgehead atoms. The quantitative estimate of drug-likeness (QED) is 0.0313. The molecule has 3 aromatic rings. The molecule has 412 valence electrons. The number of aromatic nitrogens is 2. The topological polar surface area (TPSA) is 246 Å². The lowest BCUT2D eigenvalue weighted by Gasteiger charge is -2.63. The molecule has 9 N–H and O–H groups in total. The highest BCUT2D eigenvalue weighted by Crippen LogP contribution is 2.68. The van der Waals surface area contributed by atoms with Crippen LogP contribution in [0.4, 0.5) is 4.39 Å². The molecule has 2 heterocycles. The number of rotatable bonds is 20. The van der Waals surface area contributed by atoms with Gasteiger partial charge in [-0.15, -0.1) is 0 Å². The van der Waals surface area contributed by atoms with E-state index in [2.05, 4.69) is 46.7 Å². The second-order valence-electron chi connectivity index (χ2n) is 24.1. The van der Waals surface area contributed by atoms with Gasteiger partial charge in [-0.2, -0.15) is 0 Å². The summed E-state index contributed by atoms with van der Waals surface area (Å²) in [5.74, 6) is -2.22. The number of amides is 3. The number of nitrogens with two attached hydrogens (primary N) is 1. The van der Waals surface area contributed by atoms with E-state index in [4.69, 9.17) is 22.1 Å². The minimum atomic E-state index is -0.994. The van der Waals surface area contributed by atoms with E-state index >= 15 is 0 Å². The molecular formula is C58H82ClFN6O9. The standard InChI is InChI=1S/C58H82ClFN6O9/c1-31(2)52(66-50(70)20-9-32(3)40-18-19-41-51-42(29-48(69)58(40,41)5)57(4)22-21-38(67)27-36(57)28-47(51)68)55(73)64-43(8-6-7-23-61)56(74)75-39-16-12-34(13-17-39)53(71)44(24-33-10-14-37(60)15-11-33)65-54(72)45-25-35-26-49(59)62-30-46(35)63-45/h10-11,14-15,25-26,30-32,34,36,38-44,47-48,51-52,63,67-69H,6-9,12-13,16-24,27-29,61H2,1-5H3,(H,64,73)(H,65,72)(H,66,70)/t32-,34?,36?,38-,39?,40-,41?,42?,43+,44+,47-,48+,51?,52+,57+,58-/m1/s1. The van der Waals surface area contributed by atoms with Gasteiger partial charge in [-0.05, 0) is 191 Å². The molecule has 4 unspecified atom stereocenters. The number of unbranched alkanes of at least 4 members (excludes halogenated alkanes) is 1. The van der Waals surface area contributed by atoms with Crippen LogP contribution in [-0.2, 0) is 30.3 Å². The van der Waals surface area contributed by atoms with Gasteiger partial charge in [-0.1, -0.05) is 58.4 Å². The molecule has 0 radical (unpaired) electrons. The van der Waals surface area contributed by atoms with Crippen LogP contribution in [0.25, 0.3) is 10.9 Å². The van der Waals surface area contributed by atoms with Crippen LogP contribution in [0.1, 0.15) is 153 Å². The van der Waals surface area contributed by atoms with Crippen LogP contribution < -0.4 is 21.7 Å². The third kappa shape index (κ3) is 12.5. The summed E-state index contributed by atoms with van der Waals surface area (Å²) in [5.41, 5.74) is 6.90. The maximum absolute atomic E-state index is 14.2. The summed E-state index contributed by atoms with van der Waals surface area (Å²) in [5, 5.41) is 44.0. The minimum absolute atomic E-state index is 0.0140. The molecule has 0 aliphatic heterocycles. The number of benzene rings is 1. The molecule has 8 rings (SSSR count). The number of fused-ring (bicyclic) bond motifs is 6. The molecule has 2 aromatic heterocycles. The van der Waals surface area contributed by atoms with Crippen LogP contribution in [0, 0.1) is 64.0 Å². The van der Waals surface area contributed by atoms with Crippen molar-refractivity contribution in [3.63, 3.8) is 0 Å². The monoisotopic (exact) mass is 1060 g/mol. The summed E-state index contributed by atoms with van der Waals surface area (Å²) >= 11 is 6.06. The van der Waals surface area contributed by atoms with E-state index in [1.54, 1.807) is 24.3 Å². The van der Waals surface area contributed by atoms with Crippen LogP contribution >= 0.6 is 11.6 Å². The smallest absolute Gasteiger partial charge is 0.328 e. The number of hydrogen-bond donors (Lipinski definition) is 8. The lowest BCUT2D eigenvalue weighted by molar-refractivity contribution is -0.207. The number of aliphatic hydroxyl groups excluding tert-OH is 3. The first-order valence-corrected chi connectivity index (χ1v) is 28.4. The number of ketones is 1. The molecule has 17 heteroatoms. The van der Waals surface area contributed by atoms with Gasteiger partial charge >= 0.3 is 5.97 Å². The Morgan fingerprint density at radius 1 is 0.880 bits per heavy atom. The van der Waals surface area contributed by atoms with Gasteiger partial charge in [0.15, 0.2) is 5.78 Å². The molecule has 3 amide bonds. The predicted octanol–water partition coefficient (Wildman–Crippen LogP) is 7.50. The number of pyridine rings is 1. The van der Waals surface area contributed by atoms with Crippen molar-refractivity contribution in [1.82, 2.24) is 25.9 Å². The average molecular weight is 1060 g/mol. The van der Waals surface area contributed by atoms with Gasteiger partial charge in [0.1, 0.15) is 34.9 Å². The van der Waals surface area contributed by atoms with Gasteiger partial charge < -0.3 is 46.7 Å². The molecule has 5 aliphatic rings. The number of H-pyrrole nitrogens is 1. The van der Waals surface area contributed by atoms with E-state index in [1.807, 2.05) is 13.8 Å². The van der Waals surface area contributed by atoms with Crippen molar-refractivity contribution < 1.29 is 48.4 Å². The van der Waals surface area contributed by atoms with E-state index < -0.39 is 71.4 Å². The van der Waals surface area contributed by atoms with Crippen molar-refractivity contribution in [3.05, 3.63) is 64.8 Å². The van der Waals surface area contributed by atoms with Crippen molar-refractivity contribution in [2.45, 2.75) is 186 Å². The fourth-order valence-corrected chi connectivity index (χ4v) is 15.1. The maximum Gasteiger partial charge on any atom is 0.328 e. The number of aliphatic hydroxyl groups is 3. The molecule has 5 fully saturated rings. The van der Waals surface area contributed by atoms with Crippen LogP contribution in [0.3, 0.4) is 0 Å². The highest BCUT2D eigenvalue weighted by Gasteiger charge is 2.65. The number of hydrogen-bond acceptors (Lipinski definition) is 11. The molecule has 15 nitrogen and oxygen atoms in total. The van der Waals surface area contributed by atoms with E-state index in [0.717, 1.165) is 25.7 Å². The molecule has 1 aromatic carbocycles. The van der Waals surface area contributed by atoms with Crippen molar-refractivity contribution in [3.8, 4) is 0 Å². The Balaban J connectivity index is 0.843.